The van der Waals surface area contributed by atoms with Crippen molar-refractivity contribution in [1.82, 2.24) is 5.32 Å². The van der Waals surface area contributed by atoms with E-state index < -0.39 is 12.0 Å². The van der Waals surface area contributed by atoms with Crippen LogP contribution < -0.4 is 11.1 Å². The Morgan fingerprint density at radius 3 is 2.77 bits per heavy atom. The van der Waals surface area contributed by atoms with Crippen LogP contribution >= 0.6 is 0 Å². The molecule has 1 saturated heterocycles. The molecule has 13 heavy (non-hydrogen) atoms. The highest BCUT2D eigenvalue weighted by Gasteiger charge is 2.32. The van der Waals surface area contributed by atoms with Gasteiger partial charge in [0.15, 0.2) is 0 Å². The van der Waals surface area contributed by atoms with Crippen molar-refractivity contribution in [2.24, 2.45) is 11.1 Å². The quantitative estimate of drug-likeness (QED) is 0.516. The zero-order valence-electron chi connectivity index (χ0n) is 7.75. The summed E-state index contributed by atoms with van der Waals surface area (Å²) in [6, 6.07) is -0.815. The molecule has 0 aliphatic carbocycles. The molecule has 1 rings (SSSR count). The fourth-order valence-corrected chi connectivity index (χ4v) is 1.17. The van der Waals surface area contributed by atoms with Crippen LogP contribution in [0.4, 0.5) is 0 Å². The average Bonchev–Trinajstić information content (AvgIpc) is 2.01. The van der Waals surface area contributed by atoms with Gasteiger partial charge in [0, 0.05) is 18.5 Å². The molecule has 0 aromatic heterocycles. The number of aliphatic carboxylic acids is 1. The number of hydrogen-bond acceptors (Lipinski definition) is 4. The van der Waals surface area contributed by atoms with Crippen LogP contribution in [0.2, 0.25) is 0 Å². The van der Waals surface area contributed by atoms with Crippen LogP contribution in [0.15, 0.2) is 0 Å². The molecule has 1 fully saturated rings. The fraction of sp³-hybridized carbons (Fsp3) is 0.875. The molecule has 1 unspecified atom stereocenters. The van der Waals surface area contributed by atoms with Crippen molar-refractivity contribution in [3.63, 3.8) is 0 Å². The maximum Gasteiger partial charge on any atom is 0.321 e. The zero-order valence-corrected chi connectivity index (χ0v) is 7.75. The Morgan fingerprint density at radius 2 is 2.38 bits per heavy atom. The molecule has 4 N–H and O–H groups in total. The summed E-state index contributed by atoms with van der Waals surface area (Å²) >= 11 is 0. The van der Waals surface area contributed by atoms with Gasteiger partial charge in [-0.1, -0.05) is 6.92 Å². The average molecular weight is 188 g/mol. The SMILES string of the molecule is CC1(CNCC(N)C(=O)O)COC1. The lowest BCUT2D eigenvalue weighted by molar-refractivity contribution is -0.138. The Kier molecular flexibility index (Phi) is 3.24. The van der Waals surface area contributed by atoms with E-state index in [0.29, 0.717) is 6.54 Å². The first-order valence-electron chi connectivity index (χ1n) is 4.30. The molecule has 0 spiro atoms. The predicted octanol–water partition coefficient (Wildman–Crippen LogP) is -0.976. The van der Waals surface area contributed by atoms with Crippen molar-refractivity contribution in [2.75, 3.05) is 26.3 Å². The number of rotatable bonds is 5. The Morgan fingerprint density at radius 1 is 1.77 bits per heavy atom. The number of hydrogen-bond donors (Lipinski definition) is 3. The largest absolute Gasteiger partial charge is 0.480 e. The van der Waals surface area contributed by atoms with Crippen LogP contribution in [-0.2, 0) is 9.53 Å². The molecule has 0 amide bonds. The summed E-state index contributed by atoms with van der Waals surface area (Å²) in [5.41, 5.74) is 5.48. The lowest BCUT2D eigenvalue weighted by Gasteiger charge is -2.38. The number of carbonyl (C=O) groups is 1. The Balaban J connectivity index is 2.10. The minimum atomic E-state index is -0.970. The Hall–Kier alpha value is -0.650. The molecule has 76 valence electrons. The highest BCUT2D eigenvalue weighted by atomic mass is 16.5. The topological polar surface area (TPSA) is 84.6 Å². The highest BCUT2D eigenvalue weighted by molar-refractivity contribution is 5.73. The van der Waals surface area contributed by atoms with Crippen molar-refractivity contribution in [1.29, 1.82) is 0 Å². The number of nitrogens with two attached hydrogens (primary N) is 1. The number of nitrogens with one attached hydrogen (secondary N) is 1. The maximum atomic E-state index is 10.3. The van der Waals surface area contributed by atoms with E-state index in [1.807, 2.05) is 0 Å². The normalized spacial score (nSPS) is 22.0. The fourth-order valence-electron chi connectivity index (χ4n) is 1.17. The second-order valence-corrected chi connectivity index (χ2v) is 3.88. The van der Waals surface area contributed by atoms with Gasteiger partial charge in [-0.2, -0.15) is 0 Å². The van der Waals surface area contributed by atoms with Gasteiger partial charge in [-0.05, 0) is 0 Å². The van der Waals surface area contributed by atoms with Gasteiger partial charge >= 0.3 is 5.97 Å². The molecular weight excluding hydrogens is 172 g/mol. The number of ether oxygens (including phenoxy) is 1. The van der Waals surface area contributed by atoms with Crippen LogP contribution in [0, 0.1) is 5.41 Å². The van der Waals surface area contributed by atoms with Gasteiger partial charge < -0.3 is 20.9 Å². The molecule has 5 nitrogen and oxygen atoms in total. The van der Waals surface area contributed by atoms with Crippen molar-refractivity contribution in [2.45, 2.75) is 13.0 Å². The molecule has 0 aromatic carbocycles. The lowest BCUT2D eigenvalue weighted by atomic mass is 9.89. The summed E-state index contributed by atoms with van der Waals surface area (Å²) in [5.74, 6) is -0.970. The molecule has 1 heterocycles. The van der Waals surface area contributed by atoms with Crippen molar-refractivity contribution < 1.29 is 14.6 Å². The van der Waals surface area contributed by atoms with Crippen molar-refractivity contribution >= 4 is 5.97 Å². The second kappa shape index (κ2) is 4.04. The van der Waals surface area contributed by atoms with E-state index in [1.165, 1.54) is 0 Å². The molecule has 1 atom stereocenters. The molecule has 0 bridgehead atoms. The maximum absolute atomic E-state index is 10.3. The van der Waals surface area contributed by atoms with Gasteiger partial charge in [0.05, 0.1) is 13.2 Å². The first kappa shape index (κ1) is 10.4. The van der Waals surface area contributed by atoms with E-state index in [2.05, 4.69) is 12.2 Å². The van der Waals surface area contributed by atoms with E-state index in [4.69, 9.17) is 15.6 Å². The first-order valence-corrected chi connectivity index (χ1v) is 4.30. The summed E-state index contributed by atoms with van der Waals surface area (Å²) in [6.07, 6.45) is 0. The predicted molar refractivity (Wildman–Crippen MR) is 47.4 cm³/mol. The zero-order chi connectivity index (χ0) is 9.90. The number of carboxylic acids is 1. The smallest absolute Gasteiger partial charge is 0.321 e. The third-order valence-electron chi connectivity index (χ3n) is 2.13. The lowest BCUT2D eigenvalue weighted by Crippen LogP contribution is -2.50. The molecule has 0 saturated carbocycles. The van der Waals surface area contributed by atoms with Crippen LogP contribution in [-0.4, -0.2) is 43.4 Å². The van der Waals surface area contributed by atoms with Gasteiger partial charge in [-0.3, -0.25) is 4.79 Å². The third-order valence-corrected chi connectivity index (χ3v) is 2.13. The Bertz CT molecular complexity index is 192. The summed E-state index contributed by atoms with van der Waals surface area (Å²) in [4.78, 5) is 10.3. The Labute approximate surface area is 77.2 Å². The number of carboxylic acid groups (broad SMARTS) is 1. The molecular formula is C8H16N2O3. The molecule has 1 aliphatic heterocycles. The van der Waals surface area contributed by atoms with E-state index in [0.717, 1.165) is 19.8 Å². The second-order valence-electron chi connectivity index (χ2n) is 3.88. The third kappa shape index (κ3) is 2.95. The minimum absolute atomic E-state index is 0.165. The van der Waals surface area contributed by atoms with Gasteiger partial charge in [-0.15, -0.1) is 0 Å². The van der Waals surface area contributed by atoms with Gasteiger partial charge in [-0.25, -0.2) is 0 Å². The van der Waals surface area contributed by atoms with Crippen LogP contribution in [0.5, 0.6) is 0 Å². The summed E-state index contributed by atoms with van der Waals surface area (Å²) in [7, 11) is 0. The van der Waals surface area contributed by atoms with Crippen LogP contribution in [0.3, 0.4) is 0 Å². The van der Waals surface area contributed by atoms with Gasteiger partial charge in [0.25, 0.3) is 0 Å². The van der Waals surface area contributed by atoms with Gasteiger partial charge in [0.1, 0.15) is 6.04 Å². The van der Waals surface area contributed by atoms with E-state index >= 15 is 0 Å². The molecule has 0 radical (unpaired) electrons. The highest BCUT2D eigenvalue weighted by Crippen LogP contribution is 2.24. The monoisotopic (exact) mass is 188 g/mol. The van der Waals surface area contributed by atoms with Crippen LogP contribution in [0.1, 0.15) is 6.92 Å². The van der Waals surface area contributed by atoms with E-state index in [-0.39, 0.29) is 5.41 Å². The summed E-state index contributed by atoms with van der Waals surface area (Å²) in [6.45, 7) is 4.64. The summed E-state index contributed by atoms with van der Waals surface area (Å²) in [5, 5.41) is 11.5. The van der Waals surface area contributed by atoms with Crippen molar-refractivity contribution in [3.8, 4) is 0 Å². The first-order chi connectivity index (χ1) is 6.03. The van der Waals surface area contributed by atoms with Gasteiger partial charge in [0.2, 0.25) is 0 Å². The van der Waals surface area contributed by atoms with Crippen molar-refractivity contribution in [3.05, 3.63) is 0 Å². The molecule has 1 aliphatic rings. The van der Waals surface area contributed by atoms with Crippen LogP contribution in [0.25, 0.3) is 0 Å². The van der Waals surface area contributed by atoms with E-state index in [9.17, 15) is 4.79 Å². The van der Waals surface area contributed by atoms with E-state index in [1.54, 1.807) is 0 Å². The summed E-state index contributed by atoms with van der Waals surface area (Å²) < 4.78 is 5.06. The standard InChI is InChI=1S/C8H16N2O3/c1-8(4-13-5-8)3-10-2-6(9)7(11)12/h6,10H,2-5,9H2,1H3,(H,11,12). The molecule has 5 heteroatoms. The molecule has 0 aromatic rings. The minimum Gasteiger partial charge on any atom is -0.480 e.